The molecule has 9 nitrogen and oxygen atoms in total. The largest absolute Gasteiger partial charge is 0.394 e. The molecule has 0 radical (unpaired) electrons. The molecule has 1 rings (SSSR count). The first-order chi connectivity index (χ1) is 41.3. The molecule has 0 aromatic rings. The van der Waals surface area contributed by atoms with E-state index in [1.807, 2.05) is 6.08 Å². The van der Waals surface area contributed by atoms with E-state index in [1.165, 1.54) is 347 Å². The highest BCUT2D eigenvalue weighted by atomic mass is 16.7. The minimum atomic E-state index is -1.56. The lowest BCUT2D eigenvalue weighted by molar-refractivity contribution is -0.302. The maximum absolute atomic E-state index is 13.2. The van der Waals surface area contributed by atoms with Gasteiger partial charge >= 0.3 is 0 Å². The molecule has 6 N–H and O–H groups in total. The van der Waals surface area contributed by atoms with Crippen LogP contribution in [0.25, 0.3) is 0 Å². The number of carbonyl (C=O) groups excluding carboxylic acids is 1. The molecule has 7 unspecified atom stereocenters. The number of aliphatic hydroxyl groups is 5. The molecule has 0 aromatic heterocycles. The van der Waals surface area contributed by atoms with Gasteiger partial charge in [0.2, 0.25) is 5.91 Å². The Morgan fingerprint density at radius 3 is 0.929 bits per heavy atom. The second-order valence-electron chi connectivity index (χ2n) is 26.8. The van der Waals surface area contributed by atoms with Crippen molar-refractivity contribution < 1.29 is 39.8 Å². The topological polar surface area (TPSA) is 149 Å². The third-order valence-electron chi connectivity index (χ3n) is 18.6. The van der Waals surface area contributed by atoms with Crippen LogP contribution >= 0.6 is 0 Å². The smallest absolute Gasteiger partial charge is 0.220 e. The van der Waals surface area contributed by atoms with Crippen LogP contribution in [0.1, 0.15) is 406 Å². The first-order valence-electron chi connectivity index (χ1n) is 37.9. The van der Waals surface area contributed by atoms with Gasteiger partial charge in [0.15, 0.2) is 6.29 Å². The number of ether oxygens (including phenoxy) is 2. The molecule has 1 amide bonds. The molecule has 0 aliphatic carbocycles. The predicted molar refractivity (Wildman–Crippen MR) is 360 cm³/mol. The zero-order chi connectivity index (χ0) is 60.7. The molecule has 0 spiro atoms. The normalized spacial score (nSPS) is 18.1. The number of hydrogen-bond donors (Lipinski definition) is 6. The number of amides is 1. The van der Waals surface area contributed by atoms with Crippen molar-refractivity contribution in [3.63, 3.8) is 0 Å². The molecule has 0 aromatic carbocycles. The van der Waals surface area contributed by atoms with Crippen LogP contribution in [0.15, 0.2) is 12.2 Å². The van der Waals surface area contributed by atoms with Gasteiger partial charge in [0.1, 0.15) is 24.4 Å². The molecule has 0 bridgehead atoms. The van der Waals surface area contributed by atoms with Gasteiger partial charge in [-0.25, -0.2) is 0 Å². The molecule has 1 heterocycles. The third-order valence-corrected chi connectivity index (χ3v) is 18.6. The Hall–Kier alpha value is -1.07. The molecule has 1 aliphatic heterocycles. The van der Waals surface area contributed by atoms with Crippen molar-refractivity contribution in [2.24, 2.45) is 0 Å². The molecule has 0 saturated carbocycles. The fourth-order valence-corrected chi connectivity index (χ4v) is 12.7. The Balaban J connectivity index is 2.08. The third kappa shape index (κ3) is 52.8. The molecule has 9 heteroatoms. The van der Waals surface area contributed by atoms with E-state index in [0.717, 1.165) is 38.5 Å². The summed E-state index contributed by atoms with van der Waals surface area (Å²) < 4.78 is 11.3. The van der Waals surface area contributed by atoms with Crippen LogP contribution in [0.3, 0.4) is 0 Å². The van der Waals surface area contributed by atoms with Gasteiger partial charge in [0.25, 0.3) is 0 Å². The van der Waals surface area contributed by atoms with E-state index < -0.39 is 49.5 Å². The summed E-state index contributed by atoms with van der Waals surface area (Å²) in [5.41, 5.74) is 0. The molecule has 1 fully saturated rings. The average Bonchev–Trinajstić information content (AvgIpc) is 3.69. The standard InChI is InChI=1S/C75H147NO8/c1-3-5-7-9-11-13-15-17-19-21-23-25-27-29-31-33-34-35-36-37-39-41-43-45-47-49-51-53-55-57-59-61-63-65-71(79)76-68(67-83-75-74(82)73(81)72(80)70(66-77)84-75)69(78)64-62-60-58-56-54-52-50-48-46-44-42-40-38-32-30-28-26-24-22-20-18-16-14-12-10-8-6-4-2/h62,64,68-70,72-75,77-78,80-82H,3-61,63,65-67H2,1-2H3,(H,76,79)/b64-62+. The van der Waals surface area contributed by atoms with Crippen molar-refractivity contribution >= 4 is 5.91 Å². The quantitative estimate of drug-likeness (QED) is 0.0261. The number of rotatable bonds is 68. The van der Waals surface area contributed by atoms with Crippen LogP contribution in [0.5, 0.6) is 0 Å². The number of unbranched alkanes of at least 4 members (excludes halogenated alkanes) is 58. The van der Waals surface area contributed by atoms with Gasteiger partial charge in [-0.15, -0.1) is 0 Å². The number of aliphatic hydroxyl groups excluding tert-OH is 5. The van der Waals surface area contributed by atoms with Crippen molar-refractivity contribution in [3.8, 4) is 0 Å². The average molecular weight is 1190 g/mol. The maximum atomic E-state index is 13.2. The fourth-order valence-electron chi connectivity index (χ4n) is 12.7. The monoisotopic (exact) mass is 1190 g/mol. The summed E-state index contributed by atoms with van der Waals surface area (Å²) in [4.78, 5) is 13.2. The van der Waals surface area contributed by atoms with Gasteiger partial charge in [0.05, 0.1) is 25.4 Å². The van der Waals surface area contributed by atoms with E-state index in [0.29, 0.717) is 6.42 Å². The van der Waals surface area contributed by atoms with Gasteiger partial charge in [0, 0.05) is 6.42 Å². The second-order valence-corrected chi connectivity index (χ2v) is 26.8. The Morgan fingerprint density at radius 2 is 0.655 bits per heavy atom. The van der Waals surface area contributed by atoms with E-state index in [4.69, 9.17) is 9.47 Å². The highest BCUT2D eigenvalue weighted by Gasteiger charge is 2.44. The minimum absolute atomic E-state index is 0.166. The molecule has 84 heavy (non-hydrogen) atoms. The van der Waals surface area contributed by atoms with E-state index in [9.17, 15) is 30.3 Å². The highest BCUT2D eigenvalue weighted by Crippen LogP contribution is 2.24. The van der Waals surface area contributed by atoms with Crippen LogP contribution in [0, 0.1) is 0 Å². The molecule has 1 saturated heterocycles. The van der Waals surface area contributed by atoms with Crippen molar-refractivity contribution in [2.45, 2.75) is 448 Å². The number of allylic oxidation sites excluding steroid dienone is 1. The summed E-state index contributed by atoms with van der Waals surface area (Å²) in [5, 5.41) is 54.9. The lowest BCUT2D eigenvalue weighted by Crippen LogP contribution is -2.60. The zero-order valence-corrected chi connectivity index (χ0v) is 56.2. The maximum Gasteiger partial charge on any atom is 0.220 e. The Bertz CT molecular complexity index is 1330. The molecular weight excluding hydrogens is 1040 g/mol. The van der Waals surface area contributed by atoms with Crippen LogP contribution in [0.4, 0.5) is 0 Å². The summed E-state index contributed by atoms with van der Waals surface area (Å²) in [5.74, 6) is -0.166. The van der Waals surface area contributed by atoms with Crippen LogP contribution in [-0.2, 0) is 14.3 Å². The number of nitrogens with one attached hydrogen (secondary N) is 1. The van der Waals surface area contributed by atoms with E-state index >= 15 is 0 Å². The number of hydrogen-bond acceptors (Lipinski definition) is 8. The Labute approximate surface area is 522 Å². The number of carbonyl (C=O) groups is 1. The van der Waals surface area contributed by atoms with Gasteiger partial charge in [-0.3, -0.25) is 4.79 Å². The lowest BCUT2D eigenvalue weighted by Gasteiger charge is -2.40. The fraction of sp³-hybridized carbons (Fsp3) is 0.960. The minimum Gasteiger partial charge on any atom is -0.394 e. The van der Waals surface area contributed by atoms with Gasteiger partial charge < -0.3 is 40.3 Å². The Morgan fingerprint density at radius 1 is 0.393 bits per heavy atom. The van der Waals surface area contributed by atoms with Crippen molar-refractivity contribution in [3.05, 3.63) is 12.2 Å². The Kier molecular flexibility index (Phi) is 62.5. The van der Waals surface area contributed by atoms with Crippen LogP contribution in [0.2, 0.25) is 0 Å². The van der Waals surface area contributed by atoms with E-state index in [1.54, 1.807) is 6.08 Å². The van der Waals surface area contributed by atoms with E-state index in [-0.39, 0.29) is 12.5 Å². The summed E-state index contributed by atoms with van der Waals surface area (Å²) in [7, 11) is 0. The van der Waals surface area contributed by atoms with Gasteiger partial charge in [-0.2, -0.15) is 0 Å². The zero-order valence-electron chi connectivity index (χ0n) is 56.2. The lowest BCUT2D eigenvalue weighted by atomic mass is 9.99. The molecule has 7 atom stereocenters. The first-order valence-corrected chi connectivity index (χ1v) is 37.9. The van der Waals surface area contributed by atoms with E-state index in [2.05, 4.69) is 19.2 Å². The summed E-state index contributed by atoms with van der Waals surface area (Å²) in [6, 6.07) is -0.803. The molecule has 1 aliphatic rings. The van der Waals surface area contributed by atoms with Crippen LogP contribution < -0.4 is 5.32 Å². The van der Waals surface area contributed by atoms with Gasteiger partial charge in [-0.1, -0.05) is 392 Å². The predicted octanol–water partition coefficient (Wildman–Crippen LogP) is 21.0. The van der Waals surface area contributed by atoms with Crippen LogP contribution in [-0.4, -0.2) is 87.5 Å². The summed E-state index contributed by atoms with van der Waals surface area (Å²) in [6.45, 7) is 3.85. The summed E-state index contributed by atoms with van der Waals surface area (Å²) >= 11 is 0. The van der Waals surface area contributed by atoms with Crippen molar-refractivity contribution in [2.75, 3.05) is 13.2 Å². The molecular formula is C75H147NO8. The highest BCUT2D eigenvalue weighted by molar-refractivity contribution is 5.76. The first kappa shape index (κ1) is 80.9. The van der Waals surface area contributed by atoms with Gasteiger partial charge in [-0.05, 0) is 19.3 Å². The van der Waals surface area contributed by atoms with Crippen molar-refractivity contribution in [1.82, 2.24) is 5.32 Å². The second kappa shape index (κ2) is 64.9. The summed E-state index contributed by atoms with van der Waals surface area (Å²) in [6.07, 6.45) is 77.8. The SMILES string of the molecule is CCCCCCCCCCCCCCCCCCCCCCCCCCCC/C=C/C(O)C(COC1OC(CO)C(O)C(O)C1O)NC(=O)CCCCCCCCCCCCCCCCCCCCCCCCCCCCCCCCCCC. The van der Waals surface area contributed by atoms with Crippen molar-refractivity contribution in [1.29, 1.82) is 0 Å². The molecule has 500 valence electrons.